The molecule has 3 rings (SSSR count). The molecule has 1 heterocycles. The third-order valence-corrected chi connectivity index (χ3v) is 5.54. The maximum Gasteiger partial charge on any atom is 0.300 e. The summed E-state index contributed by atoms with van der Waals surface area (Å²) in [6.07, 6.45) is 0. The molecule has 0 aliphatic rings. The molecule has 0 saturated carbocycles. The molecule has 0 atom stereocenters. The molecule has 0 aliphatic carbocycles. The highest BCUT2D eigenvalue weighted by Crippen LogP contribution is 2.25. The van der Waals surface area contributed by atoms with Gasteiger partial charge in [0.25, 0.3) is 10.0 Å². The fraction of sp³-hybridized carbons (Fsp3) is 0.211. The summed E-state index contributed by atoms with van der Waals surface area (Å²) in [5, 5.41) is 0.753. The molecule has 1 aromatic heterocycles. The number of aryl methyl sites for hydroxylation is 1. The number of sulfonamides is 1. The van der Waals surface area contributed by atoms with E-state index in [0.717, 1.165) is 10.9 Å². The molecule has 0 spiro atoms. The fourth-order valence-corrected chi connectivity index (χ4v) is 3.81. The van der Waals surface area contributed by atoms with E-state index in [1.807, 2.05) is 18.2 Å². The van der Waals surface area contributed by atoms with Gasteiger partial charge in [-0.15, -0.1) is 0 Å². The summed E-state index contributed by atoms with van der Waals surface area (Å²) in [6, 6.07) is 13.7. The first-order valence-electron chi connectivity index (χ1n) is 7.94. The normalized spacial score (nSPS) is 11.8. The Hall–Kier alpha value is -2.60. The molecule has 6 heteroatoms. The van der Waals surface area contributed by atoms with Crippen molar-refractivity contribution in [2.24, 2.45) is 0 Å². The van der Waals surface area contributed by atoms with Gasteiger partial charge in [0, 0.05) is 5.39 Å². The molecule has 130 valence electrons. The topological polar surface area (TPSA) is 76.4 Å². The van der Waals surface area contributed by atoms with E-state index in [2.05, 4.69) is 18.6 Å². The van der Waals surface area contributed by atoms with E-state index in [9.17, 15) is 13.2 Å². The monoisotopic (exact) mass is 357 g/mol. The summed E-state index contributed by atoms with van der Waals surface area (Å²) in [7, 11) is -3.96. The van der Waals surface area contributed by atoms with Gasteiger partial charge >= 0.3 is 5.91 Å². The first-order valence-corrected chi connectivity index (χ1v) is 9.42. The van der Waals surface area contributed by atoms with E-state index in [0.29, 0.717) is 17.1 Å². The van der Waals surface area contributed by atoms with Crippen molar-refractivity contribution in [2.75, 3.05) is 0 Å². The number of carbonyl (C=O) groups is 1. The quantitative estimate of drug-likeness (QED) is 0.766. The lowest BCUT2D eigenvalue weighted by Gasteiger charge is -2.07. The van der Waals surface area contributed by atoms with Crippen LogP contribution in [-0.2, 0) is 10.0 Å². The molecular formula is C19H19NO4S. The molecule has 0 saturated heterocycles. The molecule has 0 radical (unpaired) electrons. The maximum atomic E-state index is 12.4. The van der Waals surface area contributed by atoms with E-state index >= 15 is 0 Å². The summed E-state index contributed by atoms with van der Waals surface area (Å²) in [6.45, 7) is 5.80. The lowest BCUT2D eigenvalue weighted by Crippen LogP contribution is -2.30. The Morgan fingerprint density at radius 3 is 2.48 bits per heavy atom. The van der Waals surface area contributed by atoms with Crippen molar-refractivity contribution >= 4 is 26.9 Å². The van der Waals surface area contributed by atoms with Crippen LogP contribution in [-0.4, -0.2) is 14.3 Å². The van der Waals surface area contributed by atoms with Gasteiger partial charge in [0.1, 0.15) is 5.58 Å². The highest BCUT2D eigenvalue weighted by Gasteiger charge is 2.22. The Kier molecular flexibility index (Phi) is 4.39. The Labute approximate surface area is 146 Å². The third kappa shape index (κ3) is 3.44. The van der Waals surface area contributed by atoms with Gasteiger partial charge in [-0.2, -0.15) is 0 Å². The minimum Gasteiger partial charge on any atom is -0.451 e. The van der Waals surface area contributed by atoms with Gasteiger partial charge in [-0.1, -0.05) is 44.2 Å². The number of benzene rings is 2. The smallest absolute Gasteiger partial charge is 0.300 e. The number of nitrogens with one attached hydrogen (secondary N) is 1. The van der Waals surface area contributed by atoms with Crippen LogP contribution in [0, 0.1) is 6.92 Å². The molecule has 25 heavy (non-hydrogen) atoms. The minimum atomic E-state index is -3.96. The van der Waals surface area contributed by atoms with Gasteiger partial charge in [0.05, 0.1) is 4.90 Å². The number of carbonyl (C=O) groups excluding carboxylic acids is 1. The molecule has 0 bridgehead atoms. The van der Waals surface area contributed by atoms with Crippen molar-refractivity contribution in [3.05, 3.63) is 65.4 Å². The van der Waals surface area contributed by atoms with Crippen LogP contribution in [0.3, 0.4) is 0 Å². The number of hydrogen-bond acceptors (Lipinski definition) is 4. The van der Waals surface area contributed by atoms with E-state index in [1.165, 1.54) is 6.07 Å². The number of furan rings is 1. The summed E-state index contributed by atoms with van der Waals surface area (Å²) < 4.78 is 32.5. The zero-order valence-corrected chi connectivity index (χ0v) is 15.1. The number of fused-ring (bicyclic) bond motifs is 1. The van der Waals surface area contributed by atoms with Crippen LogP contribution in [0.4, 0.5) is 0 Å². The standard InChI is InChI=1S/C19H19NO4S/c1-12(2)14-8-9-15-11-17(24-16(15)10-14)19(21)20-25(22,23)18-7-5-4-6-13(18)3/h4-12H,1-3H3,(H,20,21). The summed E-state index contributed by atoms with van der Waals surface area (Å²) >= 11 is 0. The lowest BCUT2D eigenvalue weighted by molar-refractivity contribution is 0.0956. The van der Waals surface area contributed by atoms with Gasteiger partial charge in [0.15, 0.2) is 5.76 Å². The second-order valence-electron chi connectivity index (χ2n) is 6.26. The van der Waals surface area contributed by atoms with Gasteiger partial charge in [0.2, 0.25) is 0 Å². The van der Waals surface area contributed by atoms with Crippen LogP contribution in [0.1, 0.15) is 41.4 Å². The van der Waals surface area contributed by atoms with E-state index in [4.69, 9.17) is 4.42 Å². The van der Waals surface area contributed by atoms with Crippen LogP contribution in [0.15, 0.2) is 57.8 Å². The molecule has 0 aliphatic heterocycles. The van der Waals surface area contributed by atoms with Gasteiger partial charge < -0.3 is 4.42 Å². The van der Waals surface area contributed by atoms with Crippen molar-refractivity contribution < 1.29 is 17.6 Å². The van der Waals surface area contributed by atoms with Crippen LogP contribution < -0.4 is 4.72 Å². The zero-order chi connectivity index (χ0) is 18.2. The van der Waals surface area contributed by atoms with Crippen molar-refractivity contribution in [1.29, 1.82) is 0 Å². The van der Waals surface area contributed by atoms with Crippen LogP contribution in [0.5, 0.6) is 0 Å². The fourth-order valence-electron chi connectivity index (χ4n) is 2.60. The van der Waals surface area contributed by atoms with E-state index in [-0.39, 0.29) is 10.7 Å². The van der Waals surface area contributed by atoms with Crippen molar-refractivity contribution in [2.45, 2.75) is 31.6 Å². The van der Waals surface area contributed by atoms with E-state index < -0.39 is 15.9 Å². The second-order valence-corrected chi connectivity index (χ2v) is 7.91. The van der Waals surface area contributed by atoms with Gasteiger partial charge in [-0.05, 0) is 42.2 Å². The largest absolute Gasteiger partial charge is 0.451 e. The average Bonchev–Trinajstić information content (AvgIpc) is 2.97. The molecule has 1 amide bonds. The molecular weight excluding hydrogens is 338 g/mol. The van der Waals surface area contributed by atoms with Gasteiger partial charge in [-0.3, -0.25) is 4.79 Å². The Morgan fingerprint density at radius 2 is 1.80 bits per heavy atom. The molecule has 0 unspecified atom stereocenters. The highest BCUT2D eigenvalue weighted by molar-refractivity contribution is 7.90. The molecule has 0 fully saturated rings. The molecule has 5 nitrogen and oxygen atoms in total. The summed E-state index contributed by atoms with van der Waals surface area (Å²) in [5.41, 5.74) is 2.21. The molecule has 2 aromatic carbocycles. The highest BCUT2D eigenvalue weighted by atomic mass is 32.2. The number of rotatable bonds is 4. The third-order valence-electron chi connectivity index (χ3n) is 4.04. The molecule has 3 aromatic rings. The zero-order valence-electron chi connectivity index (χ0n) is 14.2. The van der Waals surface area contributed by atoms with Crippen LogP contribution >= 0.6 is 0 Å². The predicted molar refractivity (Wildman–Crippen MR) is 96.1 cm³/mol. The van der Waals surface area contributed by atoms with Crippen LogP contribution in [0.2, 0.25) is 0 Å². The van der Waals surface area contributed by atoms with Crippen molar-refractivity contribution in [3.63, 3.8) is 0 Å². The number of hydrogen-bond donors (Lipinski definition) is 1. The lowest BCUT2D eigenvalue weighted by atomic mass is 10.0. The van der Waals surface area contributed by atoms with Crippen LogP contribution in [0.25, 0.3) is 11.0 Å². The Morgan fingerprint density at radius 1 is 1.08 bits per heavy atom. The first-order chi connectivity index (χ1) is 11.8. The van der Waals surface area contributed by atoms with Gasteiger partial charge in [-0.25, -0.2) is 13.1 Å². The van der Waals surface area contributed by atoms with Crippen molar-refractivity contribution in [1.82, 2.24) is 4.72 Å². The Bertz CT molecular complexity index is 1050. The maximum absolute atomic E-state index is 12.4. The van der Waals surface area contributed by atoms with Crippen molar-refractivity contribution in [3.8, 4) is 0 Å². The minimum absolute atomic E-state index is 0.0342. The first kappa shape index (κ1) is 17.2. The summed E-state index contributed by atoms with van der Waals surface area (Å²) in [4.78, 5) is 12.4. The summed E-state index contributed by atoms with van der Waals surface area (Å²) in [5.74, 6) is -0.494. The van der Waals surface area contributed by atoms with E-state index in [1.54, 1.807) is 31.2 Å². The SMILES string of the molecule is Cc1ccccc1S(=O)(=O)NC(=O)c1cc2ccc(C(C)C)cc2o1. The predicted octanol–water partition coefficient (Wildman–Crippen LogP) is 3.98. The average molecular weight is 357 g/mol. The second kappa shape index (κ2) is 6.37. The Balaban J connectivity index is 1.91. The molecule has 1 N–H and O–H groups in total. The number of amides is 1.